The molecule has 0 amide bonds. The number of nitrogens with one attached hydrogen (secondary N) is 2. The fourth-order valence-electron chi connectivity index (χ4n) is 1.24. The van der Waals surface area contributed by atoms with Crippen molar-refractivity contribution in [3.8, 4) is 0 Å². The Kier molecular flexibility index (Phi) is 3.69. The molecule has 2 N–H and O–H groups in total. The molecule has 0 fully saturated rings. The van der Waals surface area contributed by atoms with Gasteiger partial charge < -0.3 is 0 Å². The van der Waals surface area contributed by atoms with E-state index >= 15 is 0 Å². The number of anilines is 1. The molecule has 94 valence electrons. The average molecular weight is 284 g/mol. The Bertz CT molecular complexity index is 633. The molecule has 0 aliphatic carbocycles. The summed E-state index contributed by atoms with van der Waals surface area (Å²) < 4.78 is 25.7. The van der Waals surface area contributed by atoms with Gasteiger partial charge in [-0.1, -0.05) is 23.7 Å². The molecule has 0 bridgehead atoms. The summed E-state index contributed by atoms with van der Waals surface area (Å²) in [4.78, 5) is 0. The summed E-state index contributed by atoms with van der Waals surface area (Å²) in [5.41, 5.74) is 0.745. The predicted molar refractivity (Wildman–Crippen MR) is 71.6 cm³/mol. The van der Waals surface area contributed by atoms with Crippen LogP contribution in [0.4, 0.5) is 5.82 Å². The van der Waals surface area contributed by atoms with Gasteiger partial charge in [-0.25, -0.2) is 8.42 Å². The molecular weight excluding hydrogens is 274 g/mol. The molecule has 5 nitrogen and oxygen atoms in total. The quantitative estimate of drug-likeness (QED) is 0.905. The largest absolute Gasteiger partial charge is 0.264 e. The van der Waals surface area contributed by atoms with Crippen molar-refractivity contribution in [3.63, 3.8) is 0 Å². The molecule has 2 aromatic rings. The lowest BCUT2D eigenvalue weighted by Crippen LogP contribution is -2.08. The highest BCUT2D eigenvalue weighted by atomic mass is 35.5. The zero-order valence-corrected chi connectivity index (χ0v) is 10.7. The third-order valence-electron chi connectivity index (χ3n) is 2.06. The van der Waals surface area contributed by atoms with E-state index in [9.17, 15) is 8.42 Å². The fourth-order valence-corrected chi connectivity index (χ4v) is 2.19. The SMILES string of the molecule is O=S(=O)(/C=C/c1ccc(Cl)cc1)Nc1ccn[nH]1. The smallest absolute Gasteiger partial charge is 0.256 e. The Morgan fingerprint density at radius 2 is 1.94 bits per heavy atom. The number of aromatic nitrogens is 2. The van der Waals surface area contributed by atoms with E-state index < -0.39 is 10.0 Å². The van der Waals surface area contributed by atoms with E-state index in [1.54, 1.807) is 24.3 Å². The second kappa shape index (κ2) is 5.24. The molecule has 0 aliphatic heterocycles. The normalized spacial score (nSPS) is 11.8. The van der Waals surface area contributed by atoms with E-state index in [2.05, 4.69) is 14.9 Å². The van der Waals surface area contributed by atoms with Crippen molar-refractivity contribution >= 4 is 33.5 Å². The van der Waals surface area contributed by atoms with E-state index in [4.69, 9.17) is 11.6 Å². The van der Waals surface area contributed by atoms with Crippen LogP contribution in [-0.2, 0) is 10.0 Å². The molecule has 1 heterocycles. The Hall–Kier alpha value is -1.79. The maximum atomic E-state index is 11.7. The molecule has 7 heteroatoms. The second-order valence-corrected chi connectivity index (χ2v) is 5.47. The van der Waals surface area contributed by atoms with E-state index in [0.717, 1.165) is 11.0 Å². The van der Waals surface area contributed by atoms with Crippen molar-refractivity contribution in [1.29, 1.82) is 0 Å². The van der Waals surface area contributed by atoms with Gasteiger partial charge in [-0.3, -0.25) is 9.82 Å². The number of aromatic amines is 1. The topological polar surface area (TPSA) is 74.8 Å². The summed E-state index contributed by atoms with van der Waals surface area (Å²) >= 11 is 5.73. The average Bonchev–Trinajstić information content (AvgIpc) is 2.80. The predicted octanol–water partition coefficient (Wildman–Crippen LogP) is 2.48. The number of halogens is 1. The maximum Gasteiger partial charge on any atom is 0.256 e. The third kappa shape index (κ3) is 3.61. The van der Waals surface area contributed by atoms with Crippen LogP contribution in [0.25, 0.3) is 6.08 Å². The van der Waals surface area contributed by atoms with E-state index in [0.29, 0.717) is 10.8 Å². The van der Waals surface area contributed by atoms with Crippen molar-refractivity contribution in [3.05, 3.63) is 52.5 Å². The van der Waals surface area contributed by atoms with Gasteiger partial charge in [0.2, 0.25) is 0 Å². The molecule has 0 atom stereocenters. The molecule has 0 radical (unpaired) electrons. The molecule has 0 saturated heterocycles. The van der Waals surface area contributed by atoms with Crippen molar-refractivity contribution in [1.82, 2.24) is 10.2 Å². The van der Waals surface area contributed by atoms with Crippen LogP contribution in [0, 0.1) is 0 Å². The van der Waals surface area contributed by atoms with Crippen molar-refractivity contribution in [2.24, 2.45) is 0 Å². The van der Waals surface area contributed by atoms with E-state index in [1.165, 1.54) is 18.3 Å². The van der Waals surface area contributed by atoms with Gasteiger partial charge in [0, 0.05) is 11.1 Å². The summed E-state index contributed by atoms with van der Waals surface area (Å²) in [6.45, 7) is 0. The van der Waals surface area contributed by atoms with Gasteiger partial charge in [0.25, 0.3) is 10.0 Å². The molecule has 1 aromatic heterocycles. The minimum absolute atomic E-state index is 0.316. The highest BCUT2D eigenvalue weighted by molar-refractivity contribution is 7.95. The molecule has 2 rings (SSSR count). The van der Waals surface area contributed by atoms with Crippen LogP contribution in [0.1, 0.15) is 5.56 Å². The molecule has 0 unspecified atom stereocenters. The summed E-state index contributed by atoms with van der Waals surface area (Å²) in [7, 11) is -3.55. The molecule has 0 saturated carbocycles. The minimum Gasteiger partial charge on any atom is -0.264 e. The van der Waals surface area contributed by atoms with Gasteiger partial charge in [-0.2, -0.15) is 5.10 Å². The fraction of sp³-hybridized carbons (Fsp3) is 0. The van der Waals surface area contributed by atoms with Crippen LogP contribution in [0.5, 0.6) is 0 Å². The van der Waals surface area contributed by atoms with Crippen LogP contribution in [0.3, 0.4) is 0 Å². The molecule has 0 aliphatic rings. The summed E-state index contributed by atoms with van der Waals surface area (Å²) in [6, 6.07) is 8.36. The maximum absolute atomic E-state index is 11.7. The monoisotopic (exact) mass is 283 g/mol. The van der Waals surface area contributed by atoms with E-state index in [-0.39, 0.29) is 0 Å². The Morgan fingerprint density at radius 1 is 1.22 bits per heavy atom. The van der Waals surface area contributed by atoms with Gasteiger partial charge in [-0.05, 0) is 23.8 Å². The molecular formula is C11H10ClN3O2S. The Labute approximate surface area is 110 Å². The number of benzene rings is 1. The zero-order chi connectivity index (χ0) is 13.0. The van der Waals surface area contributed by atoms with Crippen molar-refractivity contribution in [2.75, 3.05) is 4.72 Å². The van der Waals surface area contributed by atoms with E-state index in [1.807, 2.05) is 0 Å². The standard InChI is InChI=1S/C11H10ClN3O2S/c12-10-3-1-9(2-4-10)6-8-18(16,17)15-11-5-7-13-14-11/h1-8H,(H2,13,14,15)/b8-6+. The third-order valence-corrected chi connectivity index (χ3v) is 3.31. The van der Waals surface area contributed by atoms with Crippen LogP contribution < -0.4 is 4.72 Å². The van der Waals surface area contributed by atoms with Crippen LogP contribution in [0.2, 0.25) is 5.02 Å². The number of rotatable bonds is 4. The van der Waals surface area contributed by atoms with Crippen molar-refractivity contribution in [2.45, 2.75) is 0 Å². The Morgan fingerprint density at radius 3 is 2.56 bits per heavy atom. The van der Waals surface area contributed by atoms with Gasteiger partial charge >= 0.3 is 0 Å². The summed E-state index contributed by atoms with van der Waals surface area (Å²) in [6.07, 6.45) is 2.94. The minimum atomic E-state index is -3.55. The lowest BCUT2D eigenvalue weighted by Gasteiger charge is -2.00. The second-order valence-electron chi connectivity index (χ2n) is 3.47. The molecule has 0 spiro atoms. The first-order valence-corrected chi connectivity index (χ1v) is 6.93. The number of H-pyrrole nitrogens is 1. The van der Waals surface area contributed by atoms with Crippen LogP contribution in [0.15, 0.2) is 41.9 Å². The van der Waals surface area contributed by atoms with Crippen LogP contribution in [-0.4, -0.2) is 18.6 Å². The van der Waals surface area contributed by atoms with Gasteiger partial charge in [0.15, 0.2) is 0 Å². The molecule has 18 heavy (non-hydrogen) atoms. The number of nitrogens with zero attached hydrogens (tertiary/aromatic N) is 1. The van der Waals surface area contributed by atoms with Gasteiger partial charge in [0.05, 0.1) is 11.6 Å². The highest BCUT2D eigenvalue weighted by Gasteiger charge is 2.05. The lowest BCUT2D eigenvalue weighted by atomic mass is 10.2. The lowest BCUT2D eigenvalue weighted by molar-refractivity contribution is 0.609. The number of hydrogen-bond acceptors (Lipinski definition) is 3. The van der Waals surface area contributed by atoms with Gasteiger partial charge in [-0.15, -0.1) is 0 Å². The summed E-state index contributed by atoms with van der Waals surface area (Å²) in [5, 5.41) is 7.83. The number of hydrogen-bond donors (Lipinski definition) is 2. The zero-order valence-electron chi connectivity index (χ0n) is 9.17. The Balaban J connectivity index is 2.10. The first-order chi connectivity index (χ1) is 8.55. The first kappa shape index (κ1) is 12.7. The summed E-state index contributed by atoms with van der Waals surface area (Å²) in [5.74, 6) is 0.316. The highest BCUT2D eigenvalue weighted by Crippen LogP contribution is 2.12. The number of sulfonamides is 1. The first-order valence-electron chi connectivity index (χ1n) is 5.01. The van der Waals surface area contributed by atoms with Crippen molar-refractivity contribution < 1.29 is 8.42 Å². The van der Waals surface area contributed by atoms with Gasteiger partial charge in [0.1, 0.15) is 5.82 Å². The molecule has 1 aromatic carbocycles. The van der Waals surface area contributed by atoms with Crippen LogP contribution >= 0.6 is 11.6 Å².